The monoisotopic (exact) mass is 358 g/mol. The Morgan fingerprint density at radius 3 is 2.76 bits per heavy atom. The highest BCUT2D eigenvalue weighted by molar-refractivity contribution is 7.17. The van der Waals surface area contributed by atoms with Crippen LogP contribution in [0.4, 0.5) is 4.39 Å². The van der Waals surface area contributed by atoms with E-state index in [9.17, 15) is 9.18 Å². The average Bonchev–Trinajstić information content (AvgIpc) is 3.15. The first kappa shape index (κ1) is 16.7. The third-order valence-corrected chi connectivity index (χ3v) is 6.35. The van der Waals surface area contributed by atoms with Crippen LogP contribution in [0.1, 0.15) is 34.5 Å². The summed E-state index contributed by atoms with van der Waals surface area (Å²) in [6.07, 6.45) is 3.77. The molecule has 1 aromatic heterocycles. The number of likely N-dealkylation sites (tertiary alicyclic amines) is 1. The normalized spacial score (nSPS) is 20.8. The Kier molecular flexibility index (Phi) is 4.61. The minimum atomic E-state index is -0.243. The Morgan fingerprint density at radius 2 is 2.04 bits per heavy atom. The summed E-state index contributed by atoms with van der Waals surface area (Å²) in [7, 11) is 0. The molecule has 132 valence electrons. The molecule has 1 aliphatic carbocycles. The molecule has 0 spiro atoms. The summed E-state index contributed by atoms with van der Waals surface area (Å²) in [4.78, 5) is 16.9. The van der Waals surface area contributed by atoms with Crippen LogP contribution < -0.4 is 5.32 Å². The quantitative estimate of drug-likeness (QED) is 0.874. The second kappa shape index (κ2) is 6.89. The van der Waals surface area contributed by atoms with E-state index in [4.69, 9.17) is 0 Å². The van der Waals surface area contributed by atoms with Crippen molar-refractivity contribution in [2.75, 3.05) is 19.6 Å². The molecule has 0 bridgehead atoms. The fraction of sp³-hybridized carbons (Fsp3) is 0.450. The topological polar surface area (TPSA) is 32.3 Å². The first-order chi connectivity index (χ1) is 12.1. The van der Waals surface area contributed by atoms with Crippen molar-refractivity contribution in [1.29, 1.82) is 0 Å². The Balaban J connectivity index is 1.40. The predicted molar refractivity (Wildman–Crippen MR) is 99.5 cm³/mol. The van der Waals surface area contributed by atoms with Gasteiger partial charge in [-0.2, -0.15) is 0 Å². The second-order valence-corrected chi connectivity index (χ2v) is 8.34. The van der Waals surface area contributed by atoms with Crippen molar-refractivity contribution in [3.8, 4) is 10.4 Å². The van der Waals surface area contributed by atoms with Crippen LogP contribution in [-0.4, -0.2) is 36.5 Å². The Hall–Kier alpha value is -1.72. The fourth-order valence-electron chi connectivity index (χ4n) is 3.52. The predicted octanol–water partition coefficient (Wildman–Crippen LogP) is 4.08. The van der Waals surface area contributed by atoms with Crippen LogP contribution >= 0.6 is 11.3 Å². The molecule has 0 radical (unpaired) electrons. The number of nitrogens with zero attached hydrogens (tertiary/aromatic N) is 1. The van der Waals surface area contributed by atoms with Crippen molar-refractivity contribution >= 4 is 17.2 Å². The van der Waals surface area contributed by atoms with Gasteiger partial charge in [0, 0.05) is 30.6 Å². The Labute approximate surface area is 151 Å². The van der Waals surface area contributed by atoms with E-state index in [-0.39, 0.29) is 17.8 Å². The van der Waals surface area contributed by atoms with Gasteiger partial charge in [0.05, 0.1) is 4.88 Å². The van der Waals surface area contributed by atoms with E-state index < -0.39 is 0 Å². The summed E-state index contributed by atoms with van der Waals surface area (Å²) in [6, 6.07) is 8.64. The zero-order valence-corrected chi connectivity index (χ0v) is 15.2. The maximum Gasteiger partial charge on any atom is 0.261 e. The molecular formula is C20H23FN2OS. The fourth-order valence-corrected chi connectivity index (χ4v) is 4.60. The van der Waals surface area contributed by atoms with Gasteiger partial charge in [-0.1, -0.05) is 12.1 Å². The van der Waals surface area contributed by atoms with Gasteiger partial charge in [0.1, 0.15) is 5.82 Å². The van der Waals surface area contributed by atoms with Crippen molar-refractivity contribution in [3.05, 3.63) is 46.6 Å². The van der Waals surface area contributed by atoms with Crippen molar-refractivity contribution in [2.24, 2.45) is 5.92 Å². The van der Waals surface area contributed by atoms with Crippen LogP contribution in [0.2, 0.25) is 0 Å². The Morgan fingerprint density at radius 1 is 1.28 bits per heavy atom. The van der Waals surface area contributed by atoms with Crippen LogP contribution in [0, 0.1) is 18.7 Å². The molecule has 5 heteroatoms. The van der Waals surface area contributed by atoms with Gasteiger partial charge in [0.15, 0.2) is 0 Å². The molecule has 1 atom stereocenters. The van der Waals surface area contributed by atoms with Crippen molar-refractivity contribution in [3.63, 3.8) is 0 Å². The summed E-state index contributed by atoms with van der Waals surface area (Å²) < 4.78 is 13.1. The molecule has 2 fully saturated rings. The van der Waals surface area contributed by atoms with Crippen molar-refractivity contribution in [2.45, 2.75) is 32.2 Å². The summed E-state index contributed by atoms with van der Waals surface area (Å²) in [6.45, 7) is 5.25. The third-order valence-electron chi connectivity index (χ3n) is 5.07. The lowest BCUT2D eigenvalue weighted by atomic mass is 10.1. The summed E-state index contributed by atoms with van der Waals surface area (Å²) in [5.41, 5.74) is 2.02. The van der Waals surface area contributed by atoms with Gasteiger partial charge in [-0.3, -0.25) is 4.79 Å². The molecule has 1 saturated carbocycles. The maximum atomic E-state index is 13.1. The molecule has 1 aromatic carbocycles. The molecule has 2 aliphatic rings. The van der Waals surface area contributed by atoms with Crippen LogP contribution in [0.3, 0.4) is 0 Å². The maximum absolute atomic E-state index is 13.1. The van der Waals surface area contributed by atoms with Gasteiger partial charge in [-0.15, -0.1) is 11.3 Å². The van der Waals surface area contributed by atoms with Gasteiger partial charge >= 0.3 is 0 Å². The van der Waals surface area contributed by atoms with E-state index in [1.165, 1.54) is 42.9 Å². The number of carbonyl (C=O) groups is 1. The zero-order chi connectivity index (χ0) is 17.4. The van der Waals surface area contributed by atoms with Crippen LogP contribution in [0.15, 0.2) is 30.3 Å². The van der Waals surface area contributed by atoms with Crippen LogP contribution in [-0.2, 0) is 0 Å². The molecule has 2 heterocycles. The molecule has 2 aromatic rings. The largest absolute Gasteiger partial charge is 0.347 e. The number of amides is 1. The third kappa shape index (κ3) is 3.93. The molecule has 1 saturated heterocycles. The second-order valence-electron chi connectivity index (χ2n) is 7.29. The lowest BCUT2D eigenvalue weighted by Gasteiger charge is -2.15. The van der Waals surface area contributed by atoms with E-state index in [1.807, 2.05) is 13.0 Å². The van der Waals surface area contributed by atoms with Gasteiger partial charge in [0.25, 0.3) is 5.91 Å². The number of halogens is 1. The highest BCUT2D eigenvalue weighted by Gasteiger charge is 2.30. The van der Waals surface area contributed by atoms with E-state index in [2.05, 4.69) is 10.2 Å². The number of carbonyl (C=O) groups excluding carboxylic acids is 1. The summed E-state index contributed by atoms with van der Waals surface area (Å²) in [5, 5.41) is 3.19. The number of hydrogen-bond acceptors (Lipinski definition) is 3. The number of hydrogen-bond donors (Lipinski definition) is 1. The number of benzene rings is 1. The van der Waals surface area contributed by atoms with E-state index in [0.717, 1.165) is 46.3 Å². The minimum Gasteiger partial charge on any atom is -0.347 e. The average molecular weight is 358 g/mol. The van der Waals surface area contributed by atoms with E-state index in [0.29, 0.717) is 0 Å². The lowest BCUT2D eigenvalue weighted by Crippen LogP contribution is -2.37. The molecule has 1 unspecified atom stereocenters. The summed E-state index contributed by atoms with van der Waals surface area (Å²) in [5.74, 6) is 0.667. The molecule has 1 N–H and O–H groups in total. The SMILES string of the molecule is Cc1cc(C(=O)NC2CCN(CC3CC3)C2)sc1-c1ccc(F)cc1. The van der Waals surface area contributed by atoms with Crippen molar-refractivity contribution in [1.82, 2.24) is 10.2 Å². The summed E-state index contributed by atoms with van der Waals surface area (Å²) >= 11 is 1.48. The van der Waals surface area contributed by atoms with Gasteiger partial charge in [-0.25, -0.2) is 4.39 Å². The molecule has 4 rings (SSSR count). The van der Waals surface area contributed by atoms with Gasteiger partial charge < -0.3 is 10.2 Å². The van der Waals surface area contributed by atoms with E-state index >= 15 is 0 Å². The van der Waals surface area contributed by atoms with Crippen LogP contribution in [0.25, 0.3) is 10.4 Å². The number of nitrogens with one attached hydrogen (secondary N) is 1. The first-order valence-corrected chi connectivity index (χ1v) is 9.80. The zero-order valence-electron chi connectivity index (χ0n) is 14.4. The molecule has 1 aliphatic heterocycles. The van der Waals surface area contributed by atoms with Crippen molar-refractivity contribution < 1.29 is 9.18 Å². The highest BCUT2D eigenvalue weighted by Crippen LogP contribution is 2.33. The van der Waals surface area contributed by atoms with Crippen LogP contribution in [0.5, 0.6) is 0 Å². The highest BCUT2D eigenvalue weighted by atomic mass is 32.1. The van der Waals surface area contributed by atoms with E-state index in [1.54, 1.807) is 12.1 Å². The minimum absolute atomic E-state index is 0.0136. The molecular weight excluding hydrogens is 335 g/mol. The van der Waals surface area contributed by atoms with Gasteiger partial charge in [0.2, 0.25) is 0 Å². The molecule has 3 nitrogen and oxygen atoms in total. The molecule has 1 amide bonds. The molecule has 25 heavy (non-hydrogen) atoms. The number of rotatable bonds is 5. The first-order valence-electron chi connectivity index (χ1n) is 8.98. The number of thiophene rings is 1. The Bertz CT molecular complexity index is 767. The smallest absolute Gasteiger partial charge is 0.261 e. The standard InChI is InChI=1S/C20H23FN2OS/c1-13-10-18(25-19(13)15-4-6-16(21)7-5-15)20(24)22-17-8-9-23(12-17)11-14-2-3-14/h4-7,10,14,17H,2-3,8-9,11-12H2,1H3,(H,22,24). The number of aryl methyl sites for hydroxylation is 1. The lowest BCUT2D eigenvalue weighted by molar-refractivity contribution is 0.0941. The van der Waals surface area contributed by atoms with Gasteiger partial charge in [-0.05, 0) is 61.4 Å².